The number of thiophene rings is 1. The van der Waals surface area contributed by atoms with Crippen LogP contribution in [0.1, 0.15) is 47.7 Å². The van der Waals surface area contributed by atoms with Crippen molar-refractivity contribution in [2.75, 3.05) is 34.4 Å². The summed E-state index contributed by atoms with van der Waals surface area (Å²) in [6.07, 6.45) is 4.53. The van der Waals surface area contributed by atoms with Crippen LogP contribution in [0.2, 0.25) is 0 Å². The number of hydrogen-bond donors (Lipinski definition) is 1. The van der Waals surface area contributed by atoms with Crippen LogP contribution in [0.15, 0.2) is 70.9 Å². The third-order valence-electron chi connectivity index (χ3n) is 8.49. The molecular formula is C32H41N3O5S2. The Morgan fingerprint density at radius 1 is 1.02 bits per heavy atom. The van der Waals surface area contributed by atoms with Crippen LogP contribution >= 0.6 is 11.3 Å². The first-order chi connectivity index (χ1) is 20.3. The predicted molar refractivity (Wildman–Crippen MR) is 165 cm³/mol. The van der Waals surface area contributed by atoms with Crippen LogP contribution in [-0.2, 0) is 32.5 Å². The van der Waals surface area contributed by atoms with Gasteiger partial charge in [-0.3, -0.25) is 4.79 Å². The summed E-state index contributed by atoms with van der Waals surface area (Å²) in [6, 6.07) is 18.8. The summed E-state index contributed by atoms with van der Waals surface area (Å²) in [5.74, 6) is 1.01. The number of hydrogen-bond acceptors (Lipinski definition) is 7. The molecule has 1 aromatic heterocycles. The normalized spacial score (nSPS) is 22.0. The Labute approximate surface area is 253 Å². The van der Waals surface area contributed by atoms with Crippen molar-refractivity contribution < 1.29 is 22.7 Å². The molecule has 1 saturated carbocycles. The summed E-state index contributed by atoms with van der Waals surface area (Å²) in [6.45, 7) is 0.298. The second-order valence-corrected chi connectivity index (χ2v) is 14.3. The van der Waals surface area contributed by atoms with Crippen LogP contribution in [0.25, 0.3) is 0 Å². The summed E-state index contributed by atoms with van der Waals surface area (Å²) in [5.41, 5.74) is 2.09. The number of carbonyl (C=O) groups excluding carboxylic acids is 1. The summed E-state index contributed by atoms with van der Waals surface area (Å²) < 4.78 is 40.0. The molecule has 3 aromatic rings. The van der Waals surface area contributed by atoms with Crippen molar-refractivity contribution in [3.63, 3.8) is 0 Å². The van der Waals surface area contributed by atoms with Gasteiger partial charge in [0.25, 0.3) is 0 Å². The topological polar surface area (TPSA) is 88.2 Å². The third kappa shape index (κ3) is 7.06. The van der Waals surface area contributed by atoms with Crippen LogP contribution in [0.5, 0.6) is 5.75 Å². The minimum atomic E-state index is -3.79. The van der Waals surface area contributed by atoms with Crippen molar-refractivity contribution in [1.82, 2.24) is 14.5 Å². The van der Waals surface area contributed by atoms with Gasteiger partial charge in [-0.05, 0) is 99.0 Å². The molecule has 0 spiro atoms. The molecule has 1 aliphatic carbocycles. The van der Waals surface area contributed by atoms with Gasteiger partial charge in [-0.25, -0.2) is 8.42 Å². The summed E-state index contributed by atoms with van der Waals surface area (Å²) in [7, 11) is 2.04. The van der Waals surface area contributed by atoms with Crippen LogP contribution in [0.4, 0.5) is 0 Å². The second-order valence-electron chi connectivity index (χ2n) is 11.5. The number of benzene rings is 2. The fourth-order valence-electron chi connectivity index (χ4n) is 6.37. The monoisotopic (exact) mass is 611 g/mol. The van der Waals surface area contributed by atoms with Gasteiger partial charge >= 0.3 is 0 Å². The van der Waals surface area contributed by atoms with Crippen molar-refractivity contribution in [3.8, 4) is 5.75 Å². The van der Waals surface area contributed by atoms with Gasteiger partial charge in [-0.2, -0.15) is 4.31 Å². The summed E-state index contributed by atoms with van der Waals surface area (Å²) >= 11 is 1.81. The van der Waals surface area contributed by atoms with Crippen molar-refractivity contribution in [1.29, 1.82) is 0 Å². The van der Waals surface area contributed by atoms with Gasteiger partial charge in [0.2, 0.25) is 15.9 Å². The average molecular weight is 612 g/mol. The van der Waals surface area contributed by atoms with Crippen molar-refractivity contribution in [2.45, 2.75) is 61.7 Å². The lowest BCUT2D eigenvalue weighted by Gasteiger charge is -2.37. The molecule has 226 valence electrons. The van der Waals surface area contributed by atoms with E-state index in [2.05, 4.69) is 41.8 Å². The van der Waals surface area contributed by atoms with Crippen LogP contribution in [-0.4, -0.2) is 70.0 Å². The number of rotatable bonds is 11. The smallest absolute Gasteiger partial charge is 0.246 e. The van der Waals surface area contributed by atoms with E-state index in [1.807, 2.05) is 35.6 Å². The van der Waals surface area contributed by atoms with E-state index in [0.29, 0.717) is 24.1 Å². The number of carbonyl (C=O) groups is 1. The molecule has 1 amide bonds. The molecule has 8 nitrogen and oxygen atoms in total. The van der Waals surface area contributed by atoms with Gasteiger partial charge < -0.3 is 19.7 Å². The minimum Gasteiger partial charge on any atom is -0.497 e. The zero-order valence-electron chi connectivity index (χ0n) is 24.6. The number of nitrogens with one attached hydrogen (secondary N) is 1. The Morgan fingerprint density at radius 2 is 1.74 bits per heavy atom. The molecule has 5 rings (SSSR count). The Bertz CT molecular complexity index is 1420. The fraction of sp³-hybridized carbons (Fsp3) is 0.469. The first-order valence-electron chi connectivity index (χ1n) is 14.6. The molecule has 2 heterocycles. The third-order valence-corrected chi connectivity index (χ3v) is 11.3. The van der Waals surface area contributed by atoms with Crippen molar-refractivity contribution in [2.24, 2.45) is 5.92 Å². The van der Waals surface area contributed by atoms with Crippen LogP contribution < -0.4 is 10.1 Å². The van der Waals surface area contributed by atoms with Crippen molar-refractivity contribution >= 4 is 27.3 Å². The molecule has 2 aromatic carbocycles. The Hall–Kier alpha value is -2.76. The standard InChI is InChI=1S/C32H41N3O5S2/c1-34(2)32(30-9-6-18-41-30)23-10-12-26(13-11-23)33-31(36)22-40-21-27-19-24-7-4-5-8-25(24)20-35(27)42(37,38)29-16-14-28(39-3)15-17-29/h4-9,14-18,23,26-27,32H,10-13,19-22H2,1-3H3,(H,33,36). The highest BCUT2D eigenvalue weighted by Gasteiger charge is 2.36. The summed E-state index contributed by atoms with van der Waals surface area (Å²) in [5, 5.41) is 5.29. The maximum absolute atomic E-state index is 13.7. The summed E-state index contributed by atoms with van der Waals surface area (Å²) in [4.78, 5) is 16.7. The largest absolute Gasteiger partial charge is 0.497 e. The highest BCUT2D eigenvalue weighted by molar-refractivity contribution is 7.89. The van der Waals surface area contributed by atoms with E-state index in [1.54, 1.807) is 31.4 Å². The zero-order valence-corrected chi connectivity index (χ0v) is 26.2. The molecule has 2 aliphatic rings. The van der Waals surface area contributed by atoms with Gasteiger partial charge in [0.05, 0.1) is 24.7 Å². The van der Waals surface area contributed by atoms with Gasteiger partial charge in [0, 0.05) is 23.5 Å². The number of amides is 1. The SMILES string of the molecule is COc1ccc(S(=O)(=O)N2Cc3ccccc3CC2COCC(=O)NC2CCC(C(c3cccs3)N(C)C)CC2)cc1. The van der Waals surface area contributed by atoms with Gasteiger partial charge in [0.1, 0.15) is 12.4 Å². The first-order valence-corrected chi connectivity index (χ1v) is 16.9. The van der Waals surface area contributed by atoms with E-state index in [-0.39, 0.29) is 36.6 Å². The molecular weight excluding hydrogens is 571 g/mol. The highest BCUT2D eigenvalue weighted by Crippen LogP contribution is 2.39. The first kappa shape index (κ1) is 30.7. The highest BCUT2D eigenvalue weighted by atomic mass is 32.2. The quantitative estimate of drug-likeness (QED) is 0.333. The van der Waals surface area contributed by atoms with Gasteiger partial charge in [-0.1, -0.05) is 30.3 Å². The van der Waals surface area contributed by atoms with E-state index in [0.717, 1.165) is 36.8 Å². The molecule has 1 aliphatic heterocycles. The van der Waals surface area contributed by atoms with E-state index in [1.165, 1.54) is 9.18 Å². The molecule has 10 heteroatoms. The maximum Gasteiger partial charge on any atom is 0.246 e. The number of fused-ring (bicyclic) bond motifs is 1. The Kier molecular flexibility index (Phi) is 10.0. The van der Waals surface area contributed by atoms with Crippen LogP contribution in [0, 0.1) is 5.92 Å². The van der Waals surface area contributed by atoms with Gasteiger partial charge in [-0.15, -0.1) is 11.3 Å². The molecule has 2 unspecified atom stereocenters. The number of methoxy groups -OCH3 is 1. The predicted octanol–water partition coefficient (Wildman–Crippen LogP) is 4.87. The number of nitrogens with zero attached hydrogens (tertiary/aromatic N) is 2. The molecule has 42 heavy (non-hydrogen) atoms. The lowest BCUT2D eigenvalue weighted by molar-refractivity contribution is -0.127. The van der Waals surface area contributed by atoms with Crippen molar-refractivity contribution in [3.05, 3.63) is 82.0 Å². The number of ether oxygens (including phenoxy) is 2. The molecule has 1 N–H and O–H groups in total. The number of sulfonamides is 1. The Morgan fingerprint density at radius 3 is 2.38 bits per heavy atom. The van der Waals surface area contributed by atoms with Crippen LogP contribution in [0.3, 0.4) is 0 Å². The Balaban J connectivity index is 1.16. The molecule has 1 fully saturated rings. The van der Waals surface area contributed by atoms with E-state index in [4.69, 9.17) is 9.47 Å². The lowest BCUT2D eigenvalue weighted by atomic mass is 9.80. The molecule has 0 saturated heterocycles. The molecule has 0 bridgehead atoms. The molecule has 0 radical (unpaired) electrons. The maximum atomic E-state index is 13.7. The van der Waals surface area contributed by atoms with E-state index < -0.39 is 16.1 Å². The second kappa shape index (κ2) is 13.7. The van der Waals surface area contributed by atoms with Gasteiger partial charge in [0.15, 0.2) is 0 Å². The average Bonchev–Trinajstić information content (AvgIpc) is 3.52. The molecule has 2 atom stereocenters. The zero-order chi connectivity index (χ0) is 29.7. The van der Waals surface area contributed by atoms with E-state index >= 15 is 0 Å². The lowest BCUT2D eigenvalue weighted by Crippen LogP contribution is -2.47. The fourth-order valence-corrected chi connectivity index (χ4v) is 8.98. The minimum absolute atomic E-state index is 0.0932. The van der Waals surface area contributed by atoms with E-state index in [9.17, 15) is 13.2 Å².